The Morgan fingerprint density at radius 2 is 0.614 bits per heavy atom. The molecule has 2 aromatic heterocycles. The number of hydrogen-bond acceptors (Lipinski definition) is 4. The maximum atomic E-state index is 7.07. The van der Waals surface area contributed by atoms with Crippen LogP contribution in [0.3, 0.4) is 0 Å². The van der Waals surface area contributed by atoms with E-state index in [-0.39, 0.29) is 0 Å². The molecule has 0 amide bonds. The second kappa shape index (κ2) is 15.1. The topological polar surface area (TPSA) is 32.8 Å². The Bertz CT molecular complexity index is 4630. The summed E-state index contributed by atoms with van der Waals surface area (Å²) in [6, 6.07) is 87.6. The van der Waals surface area contributed by atoms with E-state index in [1.807, 2.05) is 0 Å². The van der Waals surface area contributed by atoms with Gasteiger partial charge in [-0.1, -0.05) is 146 Å². The number of fused-ring (bicyclic) bond motifs is 15. The normalized spacial score (nSPS) is 12.0. The third-order valence-corrected chi connectivity index (χ3v) is 14.5. The zero-order valence-corrected chi connectivity index (χ0v) is 37.8. The lowest BCUT2D eigenvalue weighted by atomic mass is 10.0. The summed E-state index contributed by atoms with van der Waals surface area (Å²) in [5.74, 6) is 0. The van der Waals surface area contributed by atoms with E-state index in [4.69, 9.17) is 8.83 Å². The fourth-order valence-electron chi connectivity index (χ4n) is 11.2. The van der Waals surface area contributed by atoms with Crippen molar-refractivity contribution in [3.05, 3.63) is 243 Å². The van der Waals surface area contributed by atoms with Crippen molar-refractivity contribution < 1.29 is 8.83 Å². The first kappa shape index (κ1) is 38.7. The van der Waals surface area contributed by atoms with Gasteiger partial charge in [0.05, 0.1) is 16.8 Å². The molecule has 0 atom stereocenters. The van der Waals surface area contributed by atoms with Crippen LogP contribution >= 0.6 is 0 Å². The van der Waals surface area contributed by atoms with Gasteiger partial charge in [-0.05, 0) is 140 Å². The Labute approximate surface area is 402 Å². The largest absolute Gasteiger partial charge is 0.455 e. The Morgan fingerprint density at radius 3 is 1.17 bits per heavy atom. The average Bonchev–Trinajstić information content (AvgIpc) is 4.00. The average molecular weight is 893 g/mol. The molecule has 0 aliphatic heterocycles. The predicted molar refractivity (Wildman–Crippen MR) is 295 cm³/mol. The summed E-state index contributed by atoms with van der Waals surface area (Å²) in [4.78, 5) is 4.77. The lowest BCUT2D eigenvalue weighted by Crippen LogP contribution is -2.10. The summed E-state index contributed by atoms with van der Waals surface area (Å²) in [5.41, 5.74) is 9.97. The van der Waals surface area contributed by atoms with Crippen molar-refractivity contribution in [2.75, 3.05) is 9.80 Å². The predicted octanol–water partition coefficient (Wildman–Crippen LogP) is 19.3. The Hall–Kier alpha value is -9.38. The van der Waals surface area contributed by atoms with Gasteiger partial charge in [-0.3, -0.25) is 0 Å². The van der Waals surface area contributed by atoms with Crippen molar-refractivity contribution in [2.45, 2.75) is 0 Å². The molecule has 0 bridgehead atoms. The lowest BCUT2D eigenvalue weighted by Gasteiger charge is -2.27. The van der Waals surface area contributed by atoms with Crippen LogP contribution in [0.4, 0.5) is 34.1 Å². The molecule has 0 aliphatic rings. The summed E-state index contributed by atoms with van der Waals surface area (Å²) >= 11 is 0. The summed E-state index contributed by atoms with van der Waals surface area (Å²) in [7, 11) is 0. The molecule has 4 heteroatoms. The molecule has 0 unspecified atom stereocenters. The van der Waals surface area contributed by atoms with Crippen molar-refractivity contribution in [3.8, 4) is 0 Å². The van der Waals surface area contributed by atoms with Crippen molar-refractivity contribution in [1.82, 2.24) is 0 Å². The maximum Gasteiger partial charge on any atom is 0.147 e. The van der Waals surface area contributed by atoms with E-state index >= 15 is 0 Å². The molecule has 13 aromatic carbocycles. The van der Waals surface area contributed by atoms with Crippen molar-refractivity contribution in [3.63, 3.8) is 0 Å². The quantitative estimate of drug-likeness (QED) is 0.166. The van der Waals surface area contributed by atoms with E-state index in [9.17, 15) is 0 Å². The highest BCUT2D eigenvalue weighted by molar-refractivity contribution is 6.27. The molecule has 326 valence electrons. The number of benzene rings is 13. The van der Waals surface area contributed by atoms with Gasteiger partial charge in [0, 0.05) is 60.5 Å². The fraction of sp³-hybridized carbons (Fsp3) is 0. The van der Waals surface area contributed by atoms with E-state index in [2.05, 4.69) is 252 Å². The van der Waals surface area contributed by atoms with Crippen LogP contribution in [0.5, 0.6) is 0 Å². The molecule has 0 saturated heterocycles. The van der Waals surface area contributed by atoms with Gasteiger partial charge in [0.1, 0.15) is 22.3 Å². The Morgan fingerprint density at radius 1 is 0.229 bits per heavy atom. The number of rotatable bonds is 6. The van der Waals surface area contributed by atoms with Crippen LogP contribution in [-0.4, -0.2) is 0 Å². The maximum absolute atomic E-state index is 7.07. The SMILES string of the molecule is c1ccc2cc(N(c3ccc4c(ccc5c6ccc7oc8c9ccc(N(c%10ccc%11ccccc%11c%10)c%10cccc%11ccccc%10%11)cc9ccc8c7c6oc45)c3)c3cccc4ccccc34)ccc2c1. The van der Waals surface area contributed by atoms with Crippen LogP contribution in [0.2, 0.25) is 0 Å². The number of anilines is 6. The highest BCUT2D eigenvalue weighted by Crippen LogP contribution is 2.47. The van der Waals surface area contributed by atoms with Gasteiger partial charge in [0.15, 0.2) is 0 Å². The van der Waals surface area contributed by atoms with Gasteiger partial charge in [0.2, 0.25) is 0 Å². The molecule has 0 spiro atoms. The van der Waals surface area contributed by atoms with Gasteiger partial charge in [-0.2, -0.15) is 0 Å². The monoisotopic (exact) mass is 892 g/mol. The zero-order chi connectivity index (χ0) is 45.9. The summed E-state index contributed by atoms with van der Waals surface area (Å²) in [6.07, 6.45) is 0. The minimum Gasteiger partial charge on any atom is -0.455 e. The number of hydrogen-bond donors (Lipinski definition) is 0. The summed E-state index contributed by atoms with van der Waals surface area (Å²) in [6.45, 7) is 0. The smallest absolute Gasteiger partial charge is 0.147 e. The first-order valence-electron chi connectivity index (χ1n) is 23.9. The summed E-state index contributed by atoms with van der Waals surface area (Å²) in [5, 5.41) is 18.1. The van der Waals surface area contributed by atoms with E-state index in [1.54, 1.807) is 0 Å². The van der Waals surface area contributed by atoms with Gasteiger partial charge in [0.25, 0.3) is 0 Å². The second-order valence-electron chi connectivity index (χ2n) is 18.4. The standard InChI is InChI=1S/C66H40N2O2/c1-3-15-45-37-49(27-23-41(45)11-1)67(60-21-9-17-43-13-5-7-19-53(43)60)51-29-33-55-47(39-51)25-31-57-58-35-36-62-63(66(58)70-64(55)57)59-32-26-48-40-52(30-34-56(48)65(59)69-62)68(50-28-24-42-12-2-4-16-46(42)38-50)61-22-10-18-44-14-6-8-20-54(44)61/h1-40H. The second-order valence-corrected chi connectivity index (χ2v) is 18.4. The van der Waals surface area contributed by atoms with E-state index in [0.29, 0.717) is 0 Å². The van der Waals surface area contributed by atoms with E-state index in [1.165, 1.54) is 43.1 Å². The summed E-state index contributed by atoms with van der Waals surface area (Å²) < 4.78 is 13.9. The van der Waals surface area contributed by atoms with Crippen LogP contribution in [-0.2, 0) is 0 Å². The van der Waals surface area contributed by atoms with E-state index in [0.717, 1.165) is 99.5 Å². The molecule has 70 heavy (non-hydrogen) atoms. The molecule has 0 radical (unpaired) electrons. The fourth-order valence-corrected chi connectivity index (χ4v) is 11.2. The van der Waals surface area contributed by atoms with Crippen molar-refractivity contribution in [1.29, 1.82) is 0 Å². The number of nitrogens with zero attached hydrogens (tertiary/aromatic N) is 2. The molecule has 0 N–H and O–H groups in total. The lowest BCUT2D eigenvalue weighted by molar-refractivity contribution is 0.666. The third-order valence-electron chi connectivity index (χ3n) is 14.5. The molecule has 0 saturated carbocycles. The van der Waals surface area contributed by atoms with E-state index < -0.39 is 0 Å². The first-order chi connectivity index (χ1) is 34.7. The molecule has 0 aliphatic carbocycles. The van der Waals surface area contributed by atoms with Crippen LogP contribution in [0.1, 0.15) is 0 Å². The van der Waals surface area contributed by atoms with Gasteiger partial charge < -0.3 is 18.6 Å². The van der Waals surface area contributed by atoms with Gasteiger partial charge >= 0.3 is 0 Å². The highest BCUT2D eigenvalue weighted by Gasteiger charge is 2.22. The first-order valence-corrected chi connectivity index (χ1v) is 23.9. The van der Waals surface area contributed by atoms with Crippen molar-refractivity contribution >= 4 is 143 Å². The van der Waals surface area contributed by atoms with Crippen LogP contribution < -0.4 is 9.80 Å². The minimum atomic E-state index is 0.805. The number of furan rings is 2. The molecule has 15 rings (SSSR count). The zero-order valence-electron chi connectivity index (χ0n) is 37.8. The molecule has 4 nitrogen and oxygen atoms in total. The minimum absolute atomic E-state index is 0.805. The van der Waals surface area contributed by atoms with Crippen LogP contribution in [0.25, 0.3) is 109 Å². The molecule has 2 heterocycles. The molecule has 15 aromatic rings. The third kappa shape index (κ3) is 5.90. The molecular formula is C66H40N2O2. The highest BCUT2D eigenvalue weighted by atomic mass is 16.3. The van der Waals surface area contributed by atoms with Crippen molar-refractivity contribution in [2.24, 2.45) is 0 Å². The van der Waals surface area contributed by atoms with Crippen LogP contribution in [0, 0.1) is 0 Å². The van der Waals surface area contributed by atoms with Gasteiger partial charge in [-0.25, -0.2) is 0 Å². The Balaban J connectivity index is 0.870. The van der Waals surface area contributed by atoms with Gasteiger partial charge in [-0.15, -0.1) is 0 Å². The van der Waals surface area contributed by atoms with Crippen LogP contribution in [0.15, 0.2) is 251 Å². The molecular weight excluding hydrogens is 853 g/mol. The Kier molecular flexibility index (Phi) is 8.33. The molecule has 0 fully saturated rings.